The number of phenols is 1. The van der Waals surface area contributed by atoms with Gasteiger partial charge in [-0.1, -0.05) is 19.1 Å². The van der Waals surface area contributed by atoms with Crippen LogP contribution in [0.2, 0.25) is 0 Å². The molecule has 432 valence electrons. The van der Waals surface area contributed by atoms with Crippen molar-refractivity contribution < 1.29 is 42.5 Å². The van der Waals surface area contributed by atoms with Crippen LogP contribution >= 0.6 is 0 Å². The number of imidazole rings is 1. The first-order valence-corrected chi connectivity index (χ1v) is 30.0. The first-order chi connectivity index (χ1) is 39.7. The van der Waals surface area contributed by atoms with Gasteiger partial charge in [-0.25, -0.2) is 18.4 Å². The van der Waals surface area contributed by atoms with Crippen molar-refractivity contribution in [2.24, 2.45) is 12.5 Å². The van der Waals surface area contributed by atoms with Crippen LogP contribution < -0.4 is 20.6 Å². The van der Waals surface area contributed by atoms with Gasteiger partial charge in [0.1, 0.15) is 47.9 Å². The Labute approximate surface area is 474 Å². The molecule has 0 bridgehead atoms. The number of carbonyl (C=O) groups excluding carboxylic acids is 3. The number of aryl methyl sites for hydroxylation is 2. The maximum absolute atomic E-state index is 17.4. The summed E-state index contributed by atoms with van der Waals surface area (Å²) in [5.74, 6) is -1.03. The first kappa shape index (κ1) is 53.2. The summed E-state index contributed by atoms with van der Waals surface area (Å²) in [5, 5.41) is 14.7. The molecule has 6 aromatic rings. The highest BCUT2D eigenvalue weighted by Gasteiger charge is 2.52. The van der Waals surface area contributed by atoms with E-state index in [9.17, 15) is 24.3 Å². The summed E-state index contributed by atoms with van der Waals surface area (Å²) in [4.78, 5) is 75.2. The number of anilines is 1. The summed E-state index contributed by atoms with van der Waals surface area (Å²) in [5.41, 5.74) is 2.80. The molecule has 1 saturated carbocycles. The second kappa shape index (κ2) is 20.5. The molecule has 7 aliphatic heterocycles. The number of imide groups is 1. The van der Waals surface area contributed by atoms with Gasteiger partial charge in [0, 0.05) is 69.9 Å². The summed E-state index contributed by atoms with van der Waals surface area (Å²) in [7, 11) is 1.75. The number of phenolic OH excluding ortho intramolecular Hbond substituents is 1. The Kier molecular flexibility index (Phi) is 13.3. The van der Waals surface area contributed by atoms with Crippen molar-refractivity contribution in [2.75, 3.05) is 70.5 Å². The number of benzene rings is 3. The minimum absolute atomic E-state index is 0.0331. The topological polar surface area (TPSA) is 190 Å². The third-order valence-corrected chi connectivity index (χ3v) is 20.7. The van der Waals surface area contributed by atoms with Gasteiger partial charge in [-0.15, -0.1) is 0 Å². The van der Waals surface area contributed by atoms with Crippen molar-refractivity contribution in [3.8, 4) is 23.0 Å². The summed E-state index contributed by atoms with van der Waals surface area (Å²) in [6, 6.07) is 12.1. The van der Waals surface area contributed by atoms with Crippen molar-refractivity contribution in [3.05, 3.63) is 81.9 Å². The SMILES string of the molecule is CCc1c(F)ccc2cc(O)cc(-c3ncc4c(N5CCC[C@]6(CCO6)C5)nc(OC[C@@]56CCCN5[C@H](COC(=O)N5CCC7(CC5)CC(N5CCC(c8ccc9c(c8)n(C)c(=O)n9C8CCC(=O)NC8=O)CC5)C7)CC6)nc4c3F)c12. The number of fused-ring (bicyclic) bond motifs is 4. The van der Waals surface area contributed by atoms with Crippen LogP contribution in [-0.4, -0.2) is 151 Å². The van der Waals surface area contributed by atoms with Gasteiger partial charge in [0.05, 0.1) is 34.2 Å². The highest BCUT2D eigenvalue weighted by atomic mass is 19.1. The van der Waals surface area contributed by atoms with E-state index < -0.39 is 23.6 Å². The van der Waals surface area contributed by atoms with E-state index in [1.807, 2.05) is 17.9 Å². The molecule has 1 unspecified atom stereocenters. The number of carbonyl (C=O) groups is 3. The Morgan fingerprint density at radius 3 is 2.46 bits per heavy atom. The van der Waals surface area contributed by atoms with E-state index in [2.05, 4.69) is 37.1 Å². The van der Waals surface area contributed by atoms with E-state index >= 15 is 8.78 Å². The number of aromatic hydroxyl groups is 1. The van der Waals surface area contributed by atoms with Crippen molar-refractivity contribution in [1.29, 1.82) is 0 Å². The summed E-state index contributed by atoms with van der Waals surface area (Å²) in [6.07, 6.45) is 14.8. The summed E-state index contributed by atoms with van der Waals surface area (Å²) in [6.45, 7) is 8.67. The largest absolute Gasteiger partial charge is 0.508 e. The van der Waals surface area contributed by atoms with Gasteiger partial charge in [-0.05, 0) is 173 Å². The third-order valence-electron chi connectivity index (χ3n) is 20.7. The van der Waals surface area contributed by atoms with Crippen LogP contribution in [0.3, 0.4) is 0 Å². The summed E-state index contributed by atoms with van der Waals surface area (Å²) >= 11 is 0. The lowest BCUT2D eigenvalue weighted by Crippen LogP contribution is -2.56. The molecule has 7 saturated heterocycles. The van der Waals surface area contributed by atoms with Gasteiger partial charge in [0.15, 0.2) is 5.82 Å². The van der Waals surface area contributed by atoms with E-state index in [1.54, 1.807) is 34.5 Å². The molecule has 20 heteroatoms. The Morgan fingerprint density at radius 1 is 0.890 bits per heavy atom. The number of likely N-dealkylation sites (tertiary alicyclic amines) is 2. The standard InChI is InChI=1S/C62H72F2N10O8/c1-3-43-46(63)8-6-39-28-42(75)30-44(51(39)43)53-52(64)54-45(33-65-53)55(72-21-5-16-62(35-72)20-27-82-62)68-57(67-54)81-36-61-15-4-22-73(61)40(12-17-61)34-80-59(79)71-25-18-60(19-26-71)31-41(32-60)70-23-13-37(14-24-70)38-7-9-47-49(29-38)69(2)58(78)74(47)48-10-11-50(76)66-56(48)77/h6-9,28-30,33,37,40-41,48,75H,3-5,10-27,31-32,34-36H2,1-2H3,(H,66,76,77)/t40-,48?,61-,62-/m0/s1. The van der Waals surface area contributed by atoms with E-state index in [-0.39, 0.29) is 81.8 Å². The molecule has 3 aromatic carbocycles. The smallest absolute Gasteiger partial charge is 0.409 e. The van der Waals surface area contributed by atoms with Crippen molar-refractivity contribution in [2.45, 2.75) is 145 Å². The van der Waals surface area contributed by atoms with Crippen molar-refractivity contribution in [3.63, 3.8) is 0 Å². The number of amides is 3. The predicted molar refractivity (Wildman–Crippen MR) is 303 cm³/mol. The van der Waals surface area contributed by atoms with E-state index in [0.717, 1.165) is 109 Å². The first-order valence-electron chi connectivity index (χ1n) is 30.0. The van der Waals surface area contributed by atoms with Gasteiger partial charge in [0.2, 0.25) is 11.8 Å². The normalized spacial score (nSPS) is 26.2. The van der Waals surface area contributed by atoms with Crippen LogP contribution in [0.4, 0.5) is 19.4 Å². The fourth-order valence-electron chi connectivity index (χ4n) is 16.0. The van der Waals surface area contributed by atoms with Gasteiger partial charge >= 0.3 is 17.8 Å². The predicted octanol–water partition coefficient (Wildman–Crippen LogP) is 8.42. The highest BCUT2D eigenvalue weighted by Crippen LogP contribution is 2.52. The molecule has 3 aromatic heterocycles. The number of aromatic nitrogens is 5. The van der Waals surface area contributed by atoms with Crippen molar-refractivity contribution >= 4 is 56.4 Å². The van der Waals surface area contributed by atoms with E-state index in [1.165, 1.54) is 17.7 Å². The number of pyridine rings is 1. The number of nitrogens with zero attached hydrogens (tertiary/aromatic N) is 9. The molecule has 18 nitrogen and oxygen atoms in total. The Hall–Kier alpha value is -6.77. The number of ether oxygens (including phenoxy) is 3. The molecular weight excluding hydrogens is 1050 g/mol. The molecule has 4 atom stereocenters. The van der Waals surface area contributed by atoms with Crippen LogP contribution in [0.5, 0.6) is 11.8 Å². The maximum Gasteiger partial charge on any atom is 0.409 e. The maximum atomic E-state index is 17.4. The van der Waals surface area contributed by atoms with Crippen LogP contribution in [0.15, 0.2) is 53.5 Å². The molecule has 3 amide bonds. The van der Waals surface area contributed by atoms with Crippen LogP contribution in [0.1, 0.15) is 126 Å². The zero-order valence-corrected chi connectivity index (χ0v) is 46.9. The molecule has 0 radical (unpaired) electrons. The third kappa shape index (κ3) is 9.07. The lowest BCUT2D eigenvalue weighted by Gasteiger charge is -2.56. The van der Waals surface area contributed by atoms with Crippen LogP contribution in [0, 0.1) is 17.0 Å². The Balaban J connectivity index is 0.597. The fourth-order valence-corrected chi connectivity index (χ4v) is 16.0. The van der Waals surface area contributed by atoms with Gasteiger partial charge < -0.3 is 34.0 Å². The monoisotopic (exact) mass is 1120 g/mol. The molecule has 8 aliphatic rings. The number of piperidine rings is 4. The molecule has 8 fully saturated rings. The molecule has 10 heterocycles. The second-order valence-corrected chi connectivity index (χ2v) is 25.2. The number of hydrogen-bond acceptors (Lipinski definition) is 14. The number of hydrogen-bond donors (Lipinski definition) is 2. The molecular formula is C62H72F2N10O8. The Bertz CT molecular complexity index is 3620. The van der Waals surface area contributed by atoms with E-state index in [4.69, 9.17) is 24.2 Å². The van der Waals surface area contributed by atoms with Gasteiger partial charge in [0.25, 0.3) is 0 Å². The lowest BCUT2D eigenvalue weighted by molar-refractivity contribution is -0.151. The second-order valence-electron chi connectivity index (χ2n) is 25.2. The van der Waals surface area contributed by atoms with Crippen LogP contribution in [0.25, 0.3) is 44.0 Å². The zero-order chi connectivity index (χ0) is 56.2. The van der Waals surface area contributed by atoms with Crippen LogP contribution in [-0.2, 0) is 32.5 Å². The molecule has 2 spiro atoms. The van der Waals surface area contributed by atoms with E-state index in [0.29, 0.717) is 97.3 Å². The zero-order valence-electron chi connectivity index (χ0n) is 46.9. The molecule has 82 heavy (non-hydrogen) atoms. The molecule has 2 N–H and O–H groups in total. The quantitative estimate of drug-likeness (QED) is 0.118. The lowest BCUT2D eigenvalue weighted by atomic mass is 9.59. The Morgan fingerprint density at radius 2 is 1.70 bits per heavy atom. The molecule has 14 rings (SSSR count). The highest BCUT2D eigenvalue weighted by molar-refractivity contribution is 6.02. The average molecular weight is 1120 g/mol. The average Bonchev–Trinajstić information content (AvgIpc) is 3.12. The number of rotatable bonds is 11. The number of nitrogens with one attached hydrogen (secondary N) is 1. The van der Waals surface area contributed by atoms with Crippen molar-refractivity contribution in [1.82, 2.24) is 44.1 Å². The minimum atomic E-state index is -0.708. The number of halogens is 2. The van der Waals surface area contributed by atoms with Gasteiger partial charge in [-0.3, -0.25) is 33.9 Å². The fraction of sp³-hybridized carbons (Fsp3) is 0.565. The molecule has 1 aliphatic carbocycles. The minimum Gasteiger partial charge on any atom is -0.508 e. The summed E-state index contributed by atoms with van der Waals surface area (Å²) < 4.78 is 54.8. The van der Waals surface area contributed by atoms with Gasteiger partial charge in [-0.2, -0.15) is 9.97 Å².